The van der Waals surface area contributed by atoms with Gasteiger partial charge in [-0.1, -0.05) is 52.1 Å². The van der Waals surface area contributed by atoms with Crippen LogP contribution in [0, 0.1) is 11.8 Å². The maximum atomic E-state index is 3.37. The van der Waals surface area contributed by atoms with Crippen LogP contribution in [0.3, 0.4) is 0 Å². The summed E-state index contributed by atoms with van der Waals surface area (Å²) in [5, 5.41) is 0.952. The molecule has 0 aliphatic heterocycles. The van der Waals surface area contributed by atoms with Gasteiger partial charge < -0.3 is 0 Å². The van der Waals surface area contributed by atoms with Gasteiger partial charge in [0.15, 0.2) is 0 Å². The summed E-state index contributed by atoms with van der Waals surface area (Å²) in [6, 6.07) is 6.33. The molecule has 0 unspecified atom stereocenters. The maximum absolute atomic E-state index is 3.37. The third-order valence-electron chi connectivity index (χ3n) is 2.27. The highest BCUT2D eigenvalue weighted by molar-refractivity contribution is 9.09. The van der Waals surface area contributed by atoms with Crippen molar-refractivity contribution >= 4 is 22.0 Å². The zero-order chi connectivity index (χ0) is 9.80. The summed E-state index contributed by atoms with van der Waals surface area (Å²) in [5.74, 6) is 6.38. The summed E-state index contributed by atoms with van der Waals surface area (Å²) >= 11 is 3.37. The van der Waals surface area contributed by atoms with Gasteiger partial charge in [0.2, 0.25) is 0 Å². The zero-order valence-electron chi connectivity index (χ0n) is 7.89. The lowest BCUT2D eigenvalue weighted by Gasteiger charge is -2.00. The normalized spacial score (nSPS) is 12.1. The molecule has 1 aliphatic rings. The number of allylic oxidation sites excluding steroid dienone is 1. The molecule has 0 atom stereocenters. The molecular formula is C13H11Br. The fourth-order valence-electron chi connectivity index (χ4n) is 1.61. The van der Waals surface area contributed by atoms with Crippen LogP contribution in [0.1, 0.15) is 23.1 Å². The Bertz CT molecular complexity index is 419. The van der Waals surface area contributed by atoms with E-state index in [1.165, 1.54) is 16.7 Å². The summed E-state index contributed by atoms with van der Waals surface area (Å²) in [5.41, 5.74) is 3.90. The standard InChI is InChI=1S/C13H11Br/c14-10-2-1-5-11-6-3-7-12-8-4-9-13(11)12/h3-4,6-8H,2,9-10H2. The molecule has 70 valence electrons. The van der Waals surface area contributed by atoms with E-state index in [4.69, 9.17) is 0 Å². The quantitative estimate of drug-likeness (QED) is 0.527. The summed E-state index contributed by atoms with van der Waals surface area (Å²) in [7, 11) is 0. The van der Waals surface area contributed by atoms with E-state index in [0.29, 0.717) is 0 Å². The Balaban J connectivity index is 2.29. The van der Waals surface area contributed by atoms with E-state index in [-0.39, 0.29) is 0 Å². The first-order chi connectivity index (χ1) is 6.92. The molecule has 0 heterocycles. The number of rotatable bonds is 1. The molecule has 1 heteroatoms. The van der Waals surface area contributed by atoms with E-state index in [2.05, 4.69) is 58.1 Å². The fraction of sp³-hybridized carbons (Fsp3) is 0.231. The molecule has 0 saturated heterocycles. The van der Waals surface area contributed by atoms with Crippen molar-refractivity contribution in [2.24, 2.45) is 0 Å². The molecule has 0 aromatic heterocycles. The van der Waals surface area contributed by atoms with Gasteiger partial charge in [0, 0.05) is 17.3 Å². The molecule has 1 aromatic rings. The first-order valence-corrected chi connectivity index (χ1v) is 5.87. The van der Waals surface area contributed by atoms with Crippen LogP contribution in [0.5, 0.6) is 0 Å². The van der Waals surface area contributed by atoms with E-state index in [1.807, 2.05) is 0 Å². The molecule has 0 amide bonds. The van der Waals surface area contributed by atoms with Gasteiger partial charge in [0.25, 0.3) is 0 Å². The van der Waals surface area contributed by atoms with Crippen LogP contribution in [0.2, 0.25) is 0 Å². The molecule has 1 aromatic carbocycles. The van der Waals surface area contributed by atoms with Gasteiger partial charge in [-0.15, -0.1) is 0 Å². The molecule has 0 spiro atoms. The van der Waals surface area contributed by atoms with E-state index in [0.717, 1.165) is 18.2 Å². The lowest BCUT2D eigenvalue weighted by atomic mass is 10.0. The van der Waals surface area contributed by atoms with Crippen molar-refractivity contribution in [1.29, 1.82) is 0 Å². The Kier molecular flexibility index (Phi) is 3.06. The van der Waals surface area contributed by atoms with Crippen LogP contribution in [0.4, 0.5) is 0 Å². The maximum Gasteiger partial charge on any atom is 0.0286 e. The first-order valence-electron chi connectivity index (χ1n) is 4.75. The average Bonchev–Trinajstić information content (AvgIpc) is 2.67. The van der Waals surface area contributed by atoms with Gasteiger partial charge in [-0.25, -0.2) is 0 Å². The molecular weight excluding hydrogens is 236 g/mol. The molecule has 0 radical (unpaired) electrons. The van der Waals surface area contributed by atoms with Crippen LogP contribution in [-0.4, -0.2) is 5.33 Å². The second kappa shape index (κ2) is 4.48. The van der Waals surface area contributed by atoms with Crippen LogP contribution < -0.4 is 0 Å². The summed E-state index contributed by atoms with van der Waals surface area (Å²) in [6.07, 6.45) is 6.32. The summed E-state index contributed by atoms with van der Waals surface area (Å²) in [4.78, 5) is 0. The zero-order valence-corrected chi connectivity index (χ0v) is 9.47. The topological polar surface area (TPSA) is 0 Å². The minimum absolute atomic E-state index is 0.914. The second-order valence-electron chi connectivity index (χ2n) is 3.22. The molecule has 0 nitrogen and oxygen atoms in total. The Morgan fingerprint density at radius 3 is 3.14 bits per heavy atom. The molecule has 0 fully saturated rings. The predicted molar refractivity (Wildman–Crippen MR) is 64.5 cm³/mol. The number of fused-ring (bicyclic) bond motifs is 1. The van der Waals surface area contributed by atoms with Crippen molar-refractivity contribution in [3.8, 4) is 11.8 Å². The number of alkyl halides is 1. The fourth-order valence-corrected chi connectivity index (χ4v) is 1.81. The van der Waals surface area contributed by atoms with Crippen LogP contribution in [0.15, 0.2) is 24.3 Å². The van der Waals surface area contributed by atoms with Gasteiger partial charge >= 0.3 is 0 Å². The third-order valence-corrected chi connectivity index (χ3v) is 2.67. The van der Waals surface area contributed by atoms with Gasteiger partial charge in [-0.3, -0.25) is 0 Å². The van der Waals surface area contributed by atoms with Gasteiger partial charge in [-0.05, 0) is 23.6 Å². The van der Waals surface area contributed by atoms with Crippen molar-refractivity contribution in [2.45, 2.75) is 12.8 Å². The van der Waals surface area contributed by atoms with E-state index in [1.54, 1.807) is 0 Å². The van der Waals surface area contributed by atoms with Gasteiger partial charge in [-0.2, -0.15) is 0 Å². The number of hydrogen-bond donors (Lipinski definition) is 0. The molecule has 0 bridgehead atoms. The number of benzene rings is 1. The van der Waals surface area contributed by atoms with Crippen LogP contribution >= 0.6 is 15.9 Å². The smallest absolute Gasteiger partial charge is 0.0286 e. The molecule has 0 N–H and O–H groups in total. The van der Waals surface area contributed by atoms with E-state index in [9.17, 15) is 0 Å². The minimum Gasteiger partial charge on any atom is -0.0970 e. The average molecular weight is 247 g/mol. The molecule has 0 saturated carbocycles. The van der Waals surface area contributed by atoms with Crippen LogP contribution in [0.25, 0.3) is 6.08 Å². The van der Waals surface area contributed by atoms with Gasteiger partial charge in [0.05, 0.1) is 0 Å². The van der Waals surface area contributed by atoms with Crippen molar-refractivity contribution in [2.75, 3.05) is 5.33 Å². The molecule has 14 heavy (non-hydrogen) atoms. The largest absolute Gasteiger partial charge is 0.0970 e. The first kappa shape index (κ1) is 9.55. The van der Waals surface area contributed by atoms with E-state index < -0.39 is 0 Å². The monoisotopic (exact) mass is 246 g/mol. The Labute approximate surface area is 93.2 Å². The van der Waals surface area contributed by atoms with Crippen LogP contribution in [-0.2, 0) is 6.42 Å². The SMILES string of the molecule is BrCCC#Cc1cccc2c1CC=C2. The Hall–Kier alpha value is -1.00. The van der Waals surface area contributed by atoms with Crippen molar-refractivity contribution in [1.82, 2.24) is 0 Å². The number of hydrogen-bond acceptors (Lipinski definition) is 0. The summed E-state index contributed by atoms with van der Waals surface area (Å²) < 4.78 is 0. The van der Waals surface area contributed by atoms with Crippen molar-refractivity contribution in [3.05, 3.63) is 41.0 Å². The Morgan fingerprint density at radius 2 is 2.29 bits per heavy atom. The third kappa shape index (κ3) is 1.91. The Morgan fingerprint density at radius 1 is 1.36 bits per heavy atom. The van der Waals surface area contributed by atoms with Crippen molar-refractivity contribution < 1.29 is 0 Å². The molecule has 1 aliphatic carbocycles. The highest BCUT2D eigenvalue weighted by Crippen LogP contribution is 2.22. The van der Waals surface area contributed by atoms with Crippen molar-refractivity contribution in [3.63, 3.8) is 0 Å². The highest BCUT2D eigenvalue weighted by atomic mass is 79.9. The number of halogens is 1. The predicted octanol–water partition coefficient (Wildman–Crippen LogP) is 3.39. The highest BCUT2D eigenvalue weighted by Gasteiger charge is 2.07. The minimum atomic E-state index is 0.914. The van der Waals surface area contributed by atoms with Gasteiger partial charge in [0.1, 0.15) is 0 Å². The summed E-state index contributed by atoms with van der Waals surface area (Å²) in [6.45, 7) is 0. The van der Waals surface area contributed by atoms with E-state index >= 15 is 0 Å². The second-order valence-corrected chi connectivity index (χ2v) is 4.01. The lowest BCUT2D eigenvalue weighted by Crippen LogP contribution is -1.87. The molecule has 2 rings (SSSR count). The lowest BCUT2D eigenvalue weighted by molar-refractivity contribution is 1.28.